The highest BCUT2D eigenvalue weighted by atomic mass is 35.5. The minimum atomic E-state index is -0.738. The Morgan fingerprint density at radius 2 is 2.46 bits per heavy atom. The fourth-order valence-corrected chi connectivity index (χ4v) is 1.76. The van der Waals surface area contributed by atoms with E-state index in [0.29, 0.717) is 11.4 Å². The lowest BCUT2D eigenvalue weighted by molar-refractivity contribution is -0.138. The second-order valence-electron chi connectivity index (χ2n) is 3.18. The SMILES string of the molecule is O=C(O)[C@H]1C[C@@H]1c1ccncc1Cl. The molecule has 2 atom stereocenters. The van der Waals surface area contributed by atoms with Crippen LogP contribution in [0.1, 0.15) is 17.9 Å². The van der Waals surface area contributed by atoms with Crippen molar-refractivity contribution in [3.63, 3.8) is 0 Å². The maximum atomic E-state index is 10.6. The van der Waals surface area contributed by atoms with Gasteiger partial charge in [-0.3, -0.25) is 9.78 Å². The molecule has 0 saturated heterocycles. The van der Waals surface area contributed by atoms with Crippen LogP contribution in [-0.4, -0.2) is 16.1 Å². The summed E-state index contributed by atoms with van der Waals surface area (Å²) in [5.41, 5.74) is 0.907. The summed E-state index contributed by atoms with van der Waals surface area (Å²) in [7, 11) is 0. The third kappa shape index (κ3) is 1.52. The summed E-state index contributed by atoms with van der Waals surface area (Å²) in [6, 6.07) is 1.79. The predicted octanol–water partition coefficient (Wildman–Crippen LogP) is 1.92. The molecule has 1 fully saturated rings. The van der Waals surface area contributed by atoms with Gasteiger partial charge in [-0.25, -0.2) is 0 Å². The molecular weight excluding hydrogens is 190 g/mol. The Labute approximate surface area is 80.4 Å². The van der Waals surface area contributed by atoms with E-state index in [9.17, 15) is 4.79 Å². The van der Waals surface area contributed by atoms with Crippen LogP contribution in [0.4, 0.5) is 0 Å². The summed E-state index contributed by atoms with van der Waals surface area (Å²) < 4.78 is 0. The largest absolute Gasteiger partial charge is 0.481 e. The smallest absolute Gasteiger partial charge is 0.307 e. The van der Waals surface area contributed by atoms with E-state index in [1.807, 2.05) is 0 Å². The average molecular weight is 198 g/mol. The predicted molar refractivity (Wildman–Crippen MR) is 47.7 cm³/mol. The molecule has 0 bridgehead atoms. The van der Waals surface area contributed by atoms with E-state index in [1.54, 1.807) is 18.5 Å². The van der Waals surface area contributed by atoms with Crippen molar-refractivity contribution in [3.05, 3.63) is 29.0 Å². The zero-order valence-corrected chi connectivity index (χ0v) is 7.53. The number of carboxylic acid groups (broad SMARTS) is 1. The summed E-state index contributed by atoms with van der Waals surface area (Å²) in [4.78, 5) is 14.4. The molecule has 1 aliphatic carbocycles. The second-order valence-corrected chi connectivity index (χ2v) is 3.59. The topological polar surface area (TPSA) is 50.2 Å². The molecule has 1 aliphatic rings. The highest BCUT2D eigenvalue weighted by Gasteiger charge is 2.44. The molecule has 68 valence electrons. The van der Waals surface area contributed by atoms with E-state index in [1.165, 1.54) is 0 Å². The van der Waals surface area contributed by atoms with Crippen molar-refractivity contribution in [1.82, 2.24) is 4.98 Å². The van der Waals surface area contributed by atoms with E-state index in [0.717, 1.165) is 5.56 Å². The van der Waals surface area contributed by atoms with Crippen molar-refractivity contribution in [1.29, 1.82) is 0 Å². The Morgan fingerprint density at radius 1 is 1.69 bits per heavy atom. The molecule has 1 N–H and O–H groups in total. The number of hydrogen-bond donors (Lipinski definition) is 1. The summed E-state index contributed by atoms with van der Waals surface area (Å²) >= 11 is 5.87. The van der Waals surface area contributed by atoms with Crippen LogP contribution in [0.15, 0.2) is 18.5 Å². The van der Waals surface area contributed by atoms with Gasteiger partial charge in [-0.15, -0.1) is 0 Å². The first-order chi connectivity index (χ1) is 6.20. The van der Waals surface area contributed by atoms with Crippen LogP contribution in [0.3, 0.4) is 0 Å². The molecule has 13 heavy (non-hydrogen) atoms. The molecular formula is C9H8ClNO2. The third-order valence-electron chi connectivity index (χ3n) is 2.31. The zero-order valence-electron chi connectivity index (χ0n) is 6.77. The van der Waals surface area contributed by atoms with Gasteiger partial charge in [0.05, 0.1) is 10.9 Å². The van der Waals surface area contributed by atoms with Gasteiger partial charge in [-0.05, 0) is 24.0 Å². The van der Waals surface area contributed by atoms with E-state index >= 15 is 0 Å². The van der Waals surface area contributed by atoms with Crippen LogP contribution in [0, 0.1) is 5.92 Å². The van der Waals surface area contributed by atoms with Crippen LogP contribution in [0.5, 0.6) is 0 Å². The Balaban J connectivity index is 2.21. The Bertz CT molecular complexity index is 353. The van der Waals surface area contributed by atoms with Gasteiger partial charge in [-0.2, -0.15) is 0 Å². The van der Waals surface area contributed by atoms with Crippen LogP contribution < -0.4 is 0 Å². The first-order valence-corrected chi connectivity index (χ1v) is 4.40. The molecule has 2 rings (SSSR count). The van der Waals surface area contributed by atoms with E-state index in [2.05, 4.69) is 4.98 Å². The number of hydrogen-bond acceptors (Lipinski definition) is 2. The van der Waals surface area contributed by atoms with Gasteiger partial charge in [-0.1, -0.05) is 11.6 Å². The van der Waals surface area contributed by atoms with E-state index in [4.69, 9.17) is 16.7 Å². The molecule has 1 saturated carbocycles. The molecule has 0 radical (unpaired) electrons. The van der Waals surface area contributed by atoms with Gasteiger partial charge in [0.15, 0.2) is 0 Å². The zero-order chi connectivity index (χ0) is 9.42. The summed E-state index contributed by atoms with van der Waals surface area (Å²) in [5, 5.41) is 9.28. The first-order valence-electron chi connectivity index (χ1n) is 4.02. The van der Waals surface area contributed by atoms with Crippen LogP contribution in [0.2, 0.25) is 5.02 Å². The van der Waals surface area contributed by atoms with Crippen molar-refractivity contribution in [2.75, 3.05) is 0 Å². The number of aromatic nitrogens is 1. The van der Waals surface area contributed by atoms with Gasteiger partial charge in [0.1, 0.15) is 0 Å². The van der Waals surface area contributed by atoms with Gasteiger partial charge in [0.25, 0.3) is 0 Å². The monoisotopic (exact) mass is 197 g/mol. The normalized spacial score (nSPS) is 25.6. The van der Waals surface area contributed by atoms with E-state index < -0.39 is 5.97 Å². The maximum absolute atomic E-state index is 10.6. The Hall–Kier alpha value is -1.09. The van der Waals surface area contributed by atoms with Crippen LogP contribution >= 0.6 is 11.6 Å². The molecule has 0 unspecified atom stereocenters. The van der Waals surface area contributed by atoms with Crippen molar-refractivity contribution < 1.29 is 9.90 Å². The second kappa shape index (κ2) is 3.00. The number of nitrogens with zero attached hydrogens (tertiary/aromatic N) is 1. The molecule has 0 aromatic carbocycles. The molecule has 0 aliphatic heterocycles. The Kier molecular flexibility index (Phi) is 1.96. The third-order valence-corrected chi connectivity index (χ3v) is 2.63. The van der Waals surface area contributed by atoms with Gasteiger partial charge >= 0.3 is 5.97 Å². The summed E-state index contributed by atoms with van der Waals surface area (Å²) in [6.45, 7) is 0. The fourth-order valence-electron chi connectivity index (χ4n) is 1.50. The lowest BCUT2D eigenvalue weighted by Gasteiger charge is -1.99. The number of halogens is 1. The van der Waals surface area contributed by atoms with E-state index in [-0.39, 0.29) is 11.8 Å². The van der Waals surface area contributed by atoms with Crippen molar-refractivity contribution in [2.45, 2.75) is 12.3 Å². The van der Waals surface area contributed by atoms with Crippen LogP contribution in [-0.2, 0) is 4.79 Å². The minimum Gasteiger partial charge on any atom is -0.481 e. The standard InChI is InChI=1S/C9H8ClNO2/c10-8-4-11-2-1-5(8)6-3-7(6)9(12)13/h1-2,4,6-7H,3H2,(H,12,13)/t6-,7+/m1/s1. The lowest BCUT2D eigenvalue weighted by Crippen LogP contribution is -1.99. The van der Waals surface area contributed by atoms with Crippen molar-refractivity contribution in [2.24, 2.45) is 5.92 Å². The van der Waals surface area contributed by atoms with Crippen LogP contribution in [0.25, 0.3) is 0 Å². The number of aliphatic carboxylic acids is 1. The lowest BCUT2D eigenvalue weighted by atomic mass is 10.1. The summed E-state index contributed by atoms with van der Waals surface area (Å²) in [5.74, 6) is -0.897. The highest BCUT2D eigenvalue weighted by Crippen LogP contribution is 2.49. The fraction of sp³-hybridized carbons (Fsp3) is 0.333. The van der Waals surface area contributed by atoms with Gasteiger partial charge in [0.2, 0.25) is 0 Å². The number of carbonyl (C=O) groups is 1. The minimum absolute atomic E-state index is 0.0907. The molecule has 4 heteroatoms. The highest BCUT2D eigenvalue weighted by molar-refractivity contribution is 6.31. The number of carboxylic acids is 1. The van der Waals surface area contributed by atoms with Gasteiger partial charge < -0.3 is 5.11 Å². The number of rotatable bonds is 2. The average Bonchev–Trinajstić information content (AvgIpc) is 2.84. The quantitative estimate of drug-likeness (QED) is 0.788. The molecule has 0 amide bonds. The molecule has 1 heterocycles. The summed E-state index contributed by atoms with van der Waals surface area (Å²) in [6.07, 6.45) is 3.88. The maximum Gasteiger partial charge on any atom is 0.307 e. The van der Waals surface area contributed by atoms with Crippen molar-refractivity contribution in [3.8, 4) is 0 Å². The molecule has 0 spiro atoms. The Morgan fingerprint density at radius 3 is 3.00 bits per heavy atom. The first kappa shape index (κ1) is 8.51. The molecule has 1 aromatic rings. The van der Waals surface area contributed by atoms with Gasteiger partial charge in [0, 0.05) is 12.4 Å². The van der Waals surface area contributed by atoms with Crippen molar-refractivity contribution >= 4 is 17.6 Å². The number of pyridine rings is 1. The molecule has 1 aromatic heterocycles. The molecule has 3 nitrogen and oxygen atoms in total.